The van der Waals surface area contributed by atoms with Crippen molar-refractivity contribution in [1.82, 2.24) is 10.2 Å². The third kappa shape index (κ3) is 4.06. The number of carbonyl (C=O) groups is 3. The van der Waals surface area contributed by atoms with E-state index >= 15 is 0 Å². The molecular formula is C16H19FN2O4. The second kappa shape index (κ2) is 7.21. The van der Waals surface area contributed by atoms with Crippen LogP contribution in [0.15, 0.2) is 18.2 Å². The van der Waals surface area contributed by atoms with Gasteiger partial charge in [-0.05, 0) is 30.2 Å². The lowest BCUT2D eigenvalue weighted by Crippen LogP contribution is -2.58. The zero-order valence-corrected chi connectivity index (χ0v) is 13.1. The molecule has 0 saturated carbocycles. The molecule has 2 amide bonds. The molecule has 1 aromatic rings. The third-order valence-corrected chi connectivity index (χ3v) is 3.89. The minimum atomic E-state index is -0.891. The Kier molecular flexibility index (Phi) is 5.31. The van der Waals surface area contributed by atoms with Crippen molar-refractivity contribution in [2.24, 2.45) is 0 Å². The summed E-state index contributed by atoms with van der Waals surface area (Å²) in [5.74, 6) is -1.68. The van der Waals surface area contributed by atoms with Crippen LogP contribution < -0.4 is 5.32 Å². The highest BCUT2D eigenvalue weighted by molar-refractivity contribution is 5.92. The number of hydrogen-bond acceptors (Lipinski definition) is 4. The number of ether oxygens (including phenoxy) is 1. The number of nitrogens with one attached hydrogen (secondary N) is 1. The number of methoxy groups -OCH3 is 1. The fourth-order valence-electron chi connectivity index (χ4n) is 2.55. The lowest BCUT2D eigenvalue weighted by atomic mass is 10.0. The molecular weight excluding hydrogens is 303 g/mol. The number of nitrogens with zero attached hydrogens (tertiary/aromatic N) is 1. The van der Waals surface area contributed by atoms with Crippen molar-refractivity contribution < 1.29 is 23.5 Å². The molecule has 0 bridgehead atoms. The van der Waals surface area contributed by atoms with Crippen molar-refractivity contribution in [2.45, 2.75) is 25.8 Å². The highest BCUT2D eigenvalue weighted by atomic mass is 19.1. The molecule has 1 saturated heterocycles. The first kappa shape index (κ1) is 16.9. The highest BCUT2D eigenvalue weighted by Gasteiger charge is 2.34. The molecule has 1 atom stereocenters. The van der Waals surface area contributed by atoms with E-state index in [-0.39, 0.29) is 24.7 Å². The SMILES string of the molecule is COC(=O)C[C@H]1C(=O)NCCN1C(=O)Cc1cc(F)ccc1C. The maximum Gasteiger partial charge on any atom is 0.308 e. The molecule has 1 aliphatic heterocycles. The first-order valence-electron chi connectivity index (χ1n) is 7.31. The maximum atomic E-state index is 13.3. The van der Waals surface area contributed by atoms with Crippen molar-refractivity contribution in [2.75, 3.05) is 20.2 Å². The molecule has 1 heterocycles. The minimum Gasteiger partial charge on any atom is -0.469 e. The zero-order chi connectivity index (χ0) is 17.0. The Morgan fingerprint density at radius 2 is 2.17 bits per heavy atom. The van der Waals surface area contributed by atoms with Crippen LogP contribution in [0.1, 0.15) is 17.5 Å². The van der Waals surface area contributed by atoms with Gasteiger partial charge in [0.2, 0.25) is 11.8 Å². The number of aryl methyl sites for hydroxylation is 1. The third-order valence-electron chi connectivity index (χ3n) is 3.89. The summed E-state index contributed by atoms with van der Waals surface area (Å²) in [5.41, 5.74) is 1.36. The zero-order valence-electron chi connectivity index (χ0n) is 13.1. The van der Waals surface area contributed by atoms with E-state index in [1.807, 2.05) is 0 Å². The van der Waals surface area contributed by atoms with Gasteiger partial charge in [-0.25, -0.2) is 4.39 Å². The molecule has 1 fully saturated rings. The Hall–Kier alpha value is -2.44. The number of rotatable bonds is 4. The van der Waals surface area contributed by atoms with Crippen molar-refractivity contribution >= 4 is 17.8 Å². The normalized spacial score (nSPS) is 17.6. The van der Waals surface area contributed by atoms with Crippen LogP contribution in [0, 0.1) is 12.7 Å². The van der Waals surface area contributed by atoms with E-state index in [0.29, 0.717) is 18.7 Å². The summed E-state index contributed by atoms with van der Waals surface area (Å²) in [5, 5.41) is 2.63. The van der Waals surface area contributed by atoms with Gasteiger partial charge in [-0.2, -0.15) is 0 Å². The molecule has 23 heavy (non-hydrogen) atoms. The van der Waals surface area contributed by atoms with Gasteiger partial charge in [-0.1, -0.05) is 6.07 Å². The summed E-state index contributed by atoms with van der Waals surface area (Å²) < 4.78 is 17.9. The molecule has 2 rings (SSSR count). The highest BCUT2D eigenvalue weighted by Crippen LogP contribution is 2.16. The molecule has 7 heteroatoms. The molecule has 6 nitrogen and oxygen atoms in total. The van der Waals surface area contributed by atoms with Gasteiger partial charge in [-0.15, -0.1) is 0 Å². The van der Waals surface area contributed by atoms with Crippen molar-refractivity contribution in [1.29, 1.82) is 0 Å². The number of benzene rings is 1. The van der Waals surface area contributed by atoms with Gasteiger partial charge in [0.1, 0.15) is 11.9 Å². The largest absolute Gasteiger partial charge is 0.469 e. The molecule has 0 aliphatic carbocycles. The topological polar surface area (TPSA) is 75.7 Å². The summed E-state index contributed by atoms with van der Waals surface area (Å²) >= 11 is 0. The number of halogens is 1. The second-order valence-corrected chi connectivity index (χ2v) is 5.42. The molecule has 0 radical (unpaired) electrons. The predicted molar refractivity (Wildman–Crippen MR) is 80.0 cm³/mol. The van der Waals surface area contributed by atoms with E-state index < -0.39 is 17.8 Å². The molecule has 1 aliphatic rings. The number of hydrogen-bond donors (Lipinski definition) is 1. The van der Waals surface area contributed by atoms with Crippen molar-refractivity contribution in [3.8, 4) is 0 Å². The minimum absolute atomic E-state index is 0.0193. The average Bonchev–Trinajstić information content (AvgIpc) is 2.52. The van der Waals surface area contributed by atoms with Gasteiger partial charge < -0.3 is 15.0 Å². The Morgan fingerprint density at radius 1 is 1.43 bits per heavy atom. The van der Waals surface area contributed by atoms with Gasteiger partial charge in [-0.3, -0.25) is 14.4 Å². The molecule has 0 unspecified atom stereocenters. The number of esters is 1. The van der Waals surface area contributed by atoms with Crippen LogP contribution in [-0.4, -0.2) is 48.9 Å². The Labute approximate surface area is 133 Å². The number of amides is 2. The van der Waals surface area contributed by atoms with E-state index in [0.717, 1.165) is 5.56 Å². The standard InChI is InChI=1S/C16H19FN2O4/c1-10-3-4-12(17)7-11(10)8-14(20)19-6-5-18-16(22)13(19)9-15(21)23-2/h3-4,7,13H,5-6,8-9H2,1-2H3,(H,18,22)/t13-/m0/s1. The molecule has 1 aromatic carbocycles. The van der Waals surface area contributed by atoms with Gasteiger partial charge in [0, 0.05) is 13.1 Å². The summed E-state index contributed by atoms with van der Waals surface area (Å²) in [6.45, 7) is 2.42. The van der Waals surface area contributed by atoms with Crippen LogP contribution in [-0.2, 0) is 25.5 Å². The van der Waals surface area contributed by atoms with Crippen molar-refractivity contribution in [3.63, 3.8) is 0 Å². The molecule has 124 valence electrons. The van der Waals surface area contributed by atoms with E-state index in [1.54, 1.807) is 13.0 Å². The predicted octanol–water partition coefficient (Wildman–Crippen LogP) is 0.567. The second-order valence-electron chi connectivity index (χ2n) is 5.42. The smallest absolute Gasteiger partial charge is 0.308 e. The molecule has 0 spiro atoms. The maximum absolute atomic E-state index is 13.3. The molecule has 0 aromatic heterocycles. The Morgan fingerprint density at radius 3 is 2.87 bits per heavy atom. The van der Waals surface area contributed by atoms with Gasteiger partial charge in [0.05, 0.1) is 20.0 Å². The Balaban J connectivity index is 2.16. The summed E-state index contributed by atoms with van der Waals surface area (Å²) in [6, 6.07) is 3.36. The lowest BCUT2D eigenvalue weighted by molar-refractivity contribution is -0.150. The van der Waals surface area contributed by atoms with Gasteiger partial charge >= 0.3 is 5.97 Å². The lowest BCUT2D eigenvalue weighted by Gasteiger charge is -2.34. The van der Waals surface area contributed by atoms with Crippen LogP contribution in [0.5, 0.6) is 0 Å². The summed E-state index contributed by atoms with van der Waals surface area (Å²) in [4.78, 5) is 37.3. The average molecular weight is 322 g/mol. The van der Waals surface area contributed by atoms with Crippen LogP contribution >= 0.6 is 0 Å². The monoisotopic (exact) mass is 322 g/mol. The number of carbonyl (C=O) groups excluding carboxylic acids is 3. The van der Waals surface area contributed by atoms with Crippen LogP contribution in [0.4, 0.5) is 4.39 Å². The van der Waals surface area contributed by atoms with E-state index in [4.69, 9.17) is 0 Å². The first-order chi connectivity index (χ1) is 10.9. The van der Waals surface area contributed by atoms with Crippen molar-refractivity contribution in [3.05, 3.63) is 35.1 Å². The van der Waals surface area contributed by atoms with Gasteiger partial charge in [0.15, 0.2) is 0 Å². The summed E-state index contributed by atoms with van der Waals surface area (Å²) in [7, 11) is 1.23. The van der Waals surface area contributed by atoms with Crippen LogP contribution in [0.25, 0.3) is 0 Å². The van der Waals surface area contributed by atoms with E-state index in [9.17, 15) is 18.8 Å². The summed E-state index contributed by atoms with van der Waals surface area (Å²) in [6.07, 6.45) is -0.218. The van der Waals surface area contributed by atoms with Crippen LogP contribution in [0.3, 0.4) is 0 Å². The molecule has 1 N–H and O–H groups in total. The van der Waals surface area contributed by atoms with E-state index in [2.05, 4.69) is 10.1 Å². The quantitative estimate of drug-likeness (QED) is 0.822. The fraction of sp³-hybridized carbons (Fsp3) is 0.438. The first-order valence-corrected chi connectivity index (χ1v) is 7.31. The Bertz CT molecular complexity index is 633. The van der Waals surface area contributed by atoms with Gasteiger partial charge in [0.25, 0.3) is 0 Å². The van der Waals surface area contributed by atoms with Crippen LogP contribution in [0.2, 0.25) is 0 Å². The number of piperazine rings is 1. The van der Waals surface area contributed by atoms with E-state index in [1.165, 1.54) is 24.1 Å². The fourth-order valence-corrected chi connectivity index (χ4v) is 2.55.